The van der Waals surface area contributed by atoms with E-state index in [1.807, 2.05) is 18.7 Å². The number of rotatable bonds is 2. The minimum Gasteiger partial charge on any atom is -0.372 e. The molecule has 0 aromatic carbocycles. The number of ether oxygens (including phenoxy) is 1. The molecule has 1 heterocycles. The van der Waals surface area contributed by atoms with E-state index in [2.05, 4.69) is 11.9 Å². The van der Waals surface area contributed by atoms with Crippen molar-refractivity contribution < 1.29 is 9.53 Å². The number of carbonyl (C=O) groups excluding carboxylic acids is 1. The third kappa shape index (κ3) is 4.94. The van der Waals surface area contributed by atoms with Crippen molar-refractivity contribution in [2.24, 2.45) is 0 Å². The average molecular weight is 230 g/mol. The van der Waals surface area contributed by atoms with Gasteiger partial charge in [0.1, 0.15) is 6.10 Å². The number of hydrogen-bond donors (Lipinski definition) is 0. The summed E-state index contributed by atoms with van der Waals surface area (Å²) in [5.41, 5.74) is 0. The van der Waals surface area contributed by atoms with Crippen LogP contribution in [0.25, 0.3) is 0 Å². The molecule has 1 aliphatic rings. The highest BCUT2D eigenvalue weighted by atomic mass is 16.5. The van der Waals surface area contributed by atoms with E-state index in [4.69, 9.17) is 4.74 Å². The Kier molecular flexibility index (Phi) is 8.21. The second-order valence-electron chi connectivity index (χ2n) is 3.86. The van der Waals surface area contributed by atoms with Crippen LogP contribution in [-0.4, -0.2) is 62.1 Å². The maximum absolute atomic E-state index is 11.8. The molecular weight excluding hydrogens is 204 g/mol. The third-order valence-electron chi connectivity index (χ3n) is 2.73. The van der Waals surface area contributed by atoms with E-state index >= 15 is 0 Å². The quantitative estimate of drug-likeness (QED) is 0.715. The second kappa shape index (κ2) is 8.53. The molecule has 0 aromatic rings. The zero-order valence-corrected chi connectivity index (χ0v) is 11.3. The second-order valence-corrected chi connectivity index (χ2v) is 3.86. The zero-order valence-electron chi connectivity index (χ0n) is 11.3. The molecule has 0 N–H and O–H groups in total. The van der Waals surface area contributed by atoms with Crippen LogP contribution < -0.4 is 0 Å². The molecule has 4 nitrogen and oxygen atoms in total. The molecule has 1 atom stereocenters. The number of hydrogen-bond acceptors (Lipinski definition) is 3. The largest absolute Gasteiger partial charge is 0.372 e. The average Bonchev–Trinajstić information content (AvgIpc) is 2.54. The van der Waals surface area contributed by atoms with Crippen molar-refractivity contribution in [3.05, 3.63) is 0 Å². The molecule has 96 valence electrons. The van der Waals surface area contributed by atoms with Gasteiger partial charge < -0.3 is 14.5 Å². The first-order chi connectivity index (χ1) is 7.65. The molecular formula is C12H26N2O2. The summed E-state index contributed by atoms with van der Waals surface area (Å²) in [6.07, 6.45) is 0.747. The van der Waals surface area contributed by atoms with E-state index in [1.54, 1.807) is 14.0 Å². The van der Waals surface area contributed by atoms with Crippen molar-refractivity contribution in [3.8, 4) is 0 Å². The van der Waals surface area contributed by atoms with Crippen LogP contribution in [0.4, 0.5) is 0 Å². The third-order valence-corrected chi connectivity index (χ3v) is 2.73. The summed E-state index contributed by atoms with van der Waals surface area (Å²) in [5, 5.41) is 0. The fourth-order valence-corrected chi connectivity index (χ4v) is 1.62. The summed E-state index contributed by atoms with van der Waals surface area (Å²) >= 11 is 0. The van der Waals surface area contributed by atoms with Crippen LogP contribution in [0.5, 0.6) is 0 Å². The lowest BCUT2D eigenvalue weighted by atomic mass is 10.3. The van der Waals surface area contributed by atoms with Gasteiger partial charge in [0.2, 0.25) is 0 Å². The molecule has 0 radical (unpaired) electrons. The Balaban J connectivity index is 0.00000106. The normalized spacial score (nSPS) is 19.4. The van der Waals surface area contributed by atoms with Crippen LogP contribution in [0.2, 0.25) is 0 Å². The highest BCUT2D eigenvalue weighted by molar-refractivity contribution is 5.80. The van der Waals surface area contributed by atoms with E-state index in [1.165, 1.54) is 0 Å². The van der Waals surface area contributed by atoms with Gasteiger partial charge in [-0.2, -0.15) is 0 Å². The van der Waals surface area contributed by atoms with E-state index in [0.717, 1.165) is 32.6 Å². The molecule has 0 aromatic heterocycles. The number of methoxy groups -OCH3 is 1. The van der Waals surface area contributed by atoms with Gasteiger partial charge in [0.25, 0.3) is 5.91 Å². The lowest BCUT2D eigenvalue weighted by molar-refractivity contribution is -0.140. The predicted molar refractivity (Wildman–Crippen MR) is 66.5 cm³/mol. The van der Waals surface area contributed by atoms with Gasteiger partial charge in [0.05, 0.1) is 0 Å². The molecule has 4 heteroatoms. The maximum Gasteiger partial charge on any atom is 0.251 e. The Morgan fingerprint density at radius 1 is 1.19 bits per heavy atom. The summed E-state index contributed by atoms with van der Waals surface area (Å²) in [6.45, 7) is 9.52. The van der Waals surface area contributed by atoms with Gasteiger partial charge >= 0.3 is 0 Å². The molecule has 0 saturated carbocycles. The van der Waals surface area contributed by atoms with Gasteiger partial charge in [-0.15, -0.1) is 0 Å². The minimum atomic E-state index is -0.307. The van der Waals surface area contributed by atoms with Gasteiger partial charge in [0, 0.05) is 26.7 Å². The van der Waals surface area contributed by atoms with E-state index in [-0.39, 0.29) is 12.0 Å². The van der Waals surface area contributed by atoms with Gasteiger partial charge in [0.15, 0.2) is 0 Å². The Morgan fingerprint density at radius 2 is 1.81 bits per heavy atom. The number of likely N-dealkylation sites (N-methyl/N-ethyl adjacent to an activating group) is 1. The van der Waals surface area contributed by atoms with Crippen molar-refractivity contribution in [2.75, 3.05) is 40.3 Å². The number of nitrogens with zero attached hydrogens (tertiary/aromatic N) is 2. The summed E-state index contributed by atoms with van der Waals surface area (Å²) in [5.74, 6) is 0.114. The van der Waals surface area contributed by atoms with E-state index in [9.17, 15) is 4.79 Å². The topological polar surface area (TPSA) is 32.8 Å². The van der Waals surface area contributed by atoms with Crippen molar-refractivity contribution in [1.29, 1.82) is 0 Å². The number of amides is 1. The standard InChI is InChI=1S/C10H20N2O2.C2H6/c1-9(14-3)10(13)12-6-4-5-11(2)7-8-12;1-2/h9H,4-8H2,1-3H3;1-2H3. The van der Waals surface area contributed by atoms with Gasteiger partial charge in [-0.1, -0.05) is 13.8 Å². The Bertz CT molecular complexity index is 197. The monoisotopic (exact) mass is 230 g/mol. The number of carbonyl (C=O) groups is 1. The molecule has 0 bridgehead atoms. The maximum atomic E-state index is 11.8. The molecule has 1 amide bonds. The van der Waals surface area contributed by atoms with E-state index in [0.29, 0.717) is 0 Å². The van der Waals surface area contributed by atoms with Crippen molar-refractivity contribution in [3.63, 3.8) is 0 Å². The summed E-state index contributed by atoms with van der Waals surface area (Å²) < 4.78 is 5.03. The van der Waals surface area contributed by atoms with Gasteiger partial charge in [-0.3, -0.25) is 4.79 Å². The summed E-state index contributed by atoms with van der Waals surface area (Å²) in [7, 11) is 3.67. The zero-order chi connectivity index (χ0) is 12.6. The Morgan fingerprint density at radius 3 is 2.38 bits per heavy atom. The molecule has 16 heavy (non-hydrogen) atoms. The van der Waals surface area contributed by atoms with Crippen LogP contribution in [0.15, 0.2) is 0 Å². The fraction of sp³-hybridized carbons (Fsp3) is 0.917. The fourth-order valence-electron chi connectivity index (χ4n) is 1.62. The molecule has 1 rings (SSSR count). The Labute approximate surface area is 99.5 Å². The molecule has 0 aliphatic carbocycles. The first kappa shape index (κ1) is 15.4. The Hall–Kier alpha value is -0.610. The van der Waals surface area contributed by atoms with Gasteiger partial charge in [-0.25, -0.2) is 0 Å². The van der Waals surface area contributed by atoms with Crippen molar-refractivity contribution in [1.82, 2.24) is 9.80 Å². The highest BCUT2D eigenvalue weighted by Crippen LogP contribution is 2.04. The molecule has 1 fully saturated rings. The van der Waals surface area contributed by atoms with Gasteiger partial charge in [-0.05, 0) is 26.9 Å². The molecule has 0 spiro atoms. The van der Waals surface area contributed by atoms with Crippen LogP contribution in [0.1, 0.15) is 27.2 Å². The predicted octanol–water partition coefficient (Wildman–Crippen LogP) is 1.21. The lowest BCUT2D eigenvalue weighted by Crippen LogP contribution is -2.40. The first-order valence-corrected chi connectivity index (χ1v) is 6.15. The summed E-state index contributed by atoms with van der Waals surface area (Å²) in [4.78, 5) is 15.9. The molecule has 1 unspecified atom stereocenters. The van der Waals surface area contributed by atoms with Crippen LogP contribution >= 0.6 is 0 Å². The van der Waals surface area contributed by atoms with Crippen molar-refractivity contribution >= 4 is 5.91 Å². The highest BCUT2D eigenvalue weighted by Gasteiger charge is 2.21. The first-order valence-electron chi connectivity index (χ1n) is 6.15. The smallest absolute Gasteiger partial charge is 0.251 e. The molecule has 1 saturated heterocycles. The molecule has 1 aliphatic heterocycles. The summed E-state index contributed by atoms with van der Waals surface area (Å²) in [6, 6.07) is 0. The van der Waals surface area contributed by atoms with Crippen LogP contribution in [0, 0.1) is 0 Å². The van der Waals surface area contributed by atoms with Crippen LogP contribution in [-0.2, 0) is 9.53 Å². The van der Waals surface area contributed by atoms with Crippen molar-refractivity contribution in [2.45, 2.75) is 33.3 Å². The van der Waals surface area contributed by atoms with E-state index < -0.39 is 0 Å². The van der Waals surface area contributed by atoms with Crippen LogP contribution in [0.3, 0.4) is 0 Å². The minimum absolute atomic E-state index is 0.114. The SMILES string of the molecule is CC.COC(C)C(=O)N1CCCN(C)CC1. The lowest BCUT2D eigenvalue weighted by Gasteiger charge is -2.23.